The zero-order valence-electron chi connectivity index (χ0n) is 13.6. The molecule has 3 nitrogen and oxygen atoms in total. The molecule has 1 heterocycles. The van der Waals surface area contributed by atoms with Crippen LogP contribution in [0.5, 0.6) is 0 Å². The summed E-state index contributed by atoms with van der Waals surface area (Å²) in [6.07, 6.45) is 3.82. The number of ether oxygens (including phenoxy) is 1. The van der Waals surface area contributed by atoms with E-state index in [9.17, 15) is 0 Å². The van der Waals surface area contributed by atoms with Gasteiger partial charge in [-0.3, -0.25) is 0 Å². The molecule has 0 saturated carbocycles. The van der Waals surface area contributed by atoms with E-state index in [1.807, 2.05) is 61.5 Å². The molecule has 122 valence electrons. The van der Waals surface area contributed by atoms with E-state index < -0.39 is 0 Å². The van der Waals surface area contributed by atoms with E-state index in [0.717, 1.165) is 27.4 Å². The highest BCUT2D eigenvalue weighted by Gasteiger charge is 2.20. The van der Waals surface area contributed by atoms with Gasteiger partial charge in [-0.15, -0.1) is 0 Å². The standard InChI is InChI=1S/C20H18ClNO2/c1-14-13-19(24-22-14)20(23-2)18-6-4-3-5-16(18)10-7-15-8-11-17(21)12-9-15/h3-13,20H,1-2H3/b10-7+. The molecular weight excluding hydrogens is 322 g/mol. The maximum atomic E-state index is 5.93. The lowest BCUT2D eigenvalue weighted by Crippen LogP contribution is -2.04. The molecule has 1 atom stereocenters. The number of nitrogens with zero attached hydrogens (tertiary/aromatic N) is 1. The van der Waals surface area contributed by atoms with Crippen LogP contribution in [0.3, 0.4) is 0 Å². The second kappa shape index (κ2) is 7.47. The molecule has 1 aromatic heterocycles. The van der Waals surface area contributed by atoms with Crippen molar-refractivity contribution in [2.45, 2.75) is 13.0 Å². The molecule has 0 aliphatic rings. The number of hydrogen-bond acceptors (Lipinski definition) is 3. The Morgan fingerprint density at radius 1 is 1.08 bits per heavy atom. The Morgan fingerprint density at radius 2 is 1.83 bits per heavy atom. The van der Waals surface area contributed by atoms with Gasteiger partial charge in [-0.25, -0.2) is 0 Å². The van der Waals surface area contributed by atoms with Gasteiger partial charge < -0.3 is 9.26 Å². The third kappa shape index (κ3) is 3.75. The molecule has 0 aliphatic carbocycles. The number of aromatic nitrogens is 1. The van der Waals surface area contributed by atoms with Crippen molar-refractivity contribution >= 4 is 23.8 Å². The highest BCUT2D eigenvalue weighted by Crippen LogP contribution is 2.29. The summed E-state index contributed by atoms with van der Waals surface area (Å²) < 4.78 is 11.0. The van der Waals surface area contributed by atoms with Crippen molar-refractivity contribution in [1.82, 2.24) is 5.16 Å². The Kier molecular flexibility index (Phi) is 5.14. The van der Waals surface area contributed by atoms with E-state index in [1.165, 1.54) is 0 Å². The first-order chi connectivity index (χ1) is 11.7. The maximum absolute atomic E-state index is 5.93. The molecule has 3 rings (SSSR count). The van der Waals surface area contributed by atoms with E-state index in [4.69, 9.17) is 20.9 Å². The number of halogens is 1. The molecule has 0 radical (unpaired) electrons. The van der Waals surface area contributed by atoms with Crippen LogP contribution in [0.2, 0.25) is 5.02 Å². The number of benzene rings is 2. The molecule has 0 fully saturated rings. The van der Waals surface area contributed by atoms with Gasteiger partial charge in [-0.2, -0.15) is 0 Å². The van der Waals surface area contributed by atoms with E-state index >= 15 is 0 Å². The number of methoxy groups -OCH3 is 1. The number of hydrogen-bond donors (Lipinski definition) is 0. The fourth-order valence-corrected chi connectivity index (χ4v) is 2.69. The van der Waals surface area contributed by atoms with Gasteiger partial charge in [0.15, 0.2) is 5.76 Å². The minimum Gasteiger partial charge on any atom is -0.369 e. The molecule has 0 aliphatic heterocycles. The fourth-order valence-electron chi connectivity index (χ4n) is 2.56. The summed E-state index contributed by atoms with van der Waals surface area (Å²) in [6.45, 7) is 1.89. The van der Waals surface area contributed by atoms with Gasteiger partial charge in [0.05, 0.1) is 5.69 Å². The van der Waals surface area contributed by atoms with Gasteiger partial charge in [-0.1, -0.05) is 65.3 Å². The van der Waals surface area contributed by atoms with Crippen molar-refractivity contribution in [3.05, 3.63) is 87.8 Å². The van der Waals surface area contributed by atoms with Gasteiger partial charge in [0, 0.05) is 18.2 Å². The Hall–Kier alpha value is -2.36. The third-order valence-electron chi connectivity index (χ3n) is 3.74. The second-order valence-corrected chi connectivity index (χ2v) is 5.94. The molecule has 3 aromatic rings. The zero-order valence-corrected chi connectivity index (χ0v) is 14.3. The number of aryl methyl sites for hydroxylation is 1. The minimum absolute atomic E-state index is 0.294. The summed E-state index contributed by atoms with van der Waals surface area (Å²) in [7, 11) is 1.67. The fraction of sp³-hybridized carbons (Fsp3) is 0.150. The highest BCUT2D eigenvalue weighted by atomic mass is 35.5. The predicted octanol–water partition coefficient (Wildman–Crippen LogP) is 5.54. The Balaban J connectivity index is 1.93. The van der Waals surface area contributed by atoms with Gasteiger partial charge in [0.2, 0.25) is 0 Å². The van der Waals surface area contributed by atoms with Crippen LogP contribution in [0.1, 0.15) is 34.2 Å². The molecular formula is C20H18ClNO2. The lowest BCUT2D eigenvalue weighted by Gasteiger charge is -2.15. The SMILES string of the molecule is COC(c1cc(C)no1)c1ccccc1/C=C/c1ccc(Cl)cc1. The van der Waals surface area contributed by atoms with Crippen molar-refractivity contribution in [3.8, 4) is 0 Å². The topological polar surface area (TPSA) is 35.3 Å². The average Bonchev–Trinajstić information content (AvgIpc) is 3.02. The molecule has 0 amide bonds. The van der Waals surface area contributed by atoms with Gasteiger partial charge in [0.25, 0.3) is 0 Å². The summed E-state index contributed by atoms with van der Waals surface area (Å²) in [5, 5.41) is 4.69. The van der Waals surface area contributed by atoms with Crippen molar-refractivity contribution in [2.75, 3.05) is 7.11 Å². The average molecular weight is 340 g/mol. The first-order valence-corrected chi connectivity index (χ1v) is 8.04. The molecule has 0 N–H and O–H groups in total. The monoisotopic (exact) mass is 339 g/mol. The lowest BCUT2D eigenvalue weighted by atomic mass is 9.99. The summed E-state index contributed by atoms with van der Waals surface area (Å²) >= 11 is 5.93. The van der Waals surface area contributed by atoms with Crippen molar-refractivity contribution in [2.24, 2.45) is 0 Å². The minimum atomic E-state index is -0.294. The number of rotatable bonds is 5. The molecule has 0 saturated heterocycles. The molecule has 2 aromatic carbocycles. The first kappa shape index (κ1) is 16.5. The Labute approximate surface area is 146 Å². The first-order valence-electron chi connectivity index (χ1n) is 7.66. The van der Waals surface area contributed by atoms with E-state index in [-0.39, 0.29) is 6.10 Å². The van der Waals surface area contributed by atoms with E-state index in [0.29, 0.717) is 5.76 Å². The van der Waals surface area contributed by atoms with E-state index in [1.54, 1.807) is 7.11 Å². The van der Waals surface area contributed by atoms with Crippen LogP contribution in [0.25, 0.3) is 12.2 Å². The Bertz CT molecular complexity index is 837. The lowest BCUT2D eigenvalue weighted by molar-refractivity contribution is 0.109. The maximum Gasteiger partial charge on any atom is 0.170 e. The van der Waals surface area contributed by atoms with Gasteiger partial charge in [0.1, 0.15) is 6.10 Å². The largest absolute Gasteiger partial charge is 0.369 e. The van der Waals surface area contributed by atoms with Crippen LogP contribution in [0, 0.1) is 6.92 Å². The van der Waals surface area contributed by atoms with E-state index in [2.05, 4.69) is 17.3 Å². The summed E-state index contributed by atoms with van der Waals surface area (Å²) in [6, 6.07) is 17.7. The van der Waals surface area contributed by atoms with Crippen LogP contribution in [0.4, 0.5) is 0 Å². The summed E-state index contributed by atoms with van der Waals surface area (Å²) in [4.78, 5) is 0. The van der Waals surface area contributed by atoms with Crippen molar-refractivity contribution < 1.29 is 9.26 Å². The second-order valence-electron chi connectivity index (χ2n) is 5.50. The smallest absolute Gasteiger partial charge is 0.170 e. The summed E-state index contributed by atoms with van der Waals surface area (Å²) in [5.41, 5.74) is 4.01. The predicted molar refractivity (Wildman–Crippen MR) is 96.9 cm³/mol. The molecule has 0 bridgehead atoms. The van der Waals surface area contributed by atoms with Crippen LogP contribution >= 0.6 is 11.6 Å². The molecule has 4 heteroatoms. The normalized spacial score (nSPS) is 12.6. The quantitative estimate of drug-likeness (QED) is 0.572. The highest BCUT2D eigenvalue weighted by molar-refractivity contribution is 6.30. The van der Waals surface area contributed by atoms with Crippen molar-refractivity contribution in [3.63, 3.8) is 0 Å². The molecule has 0 spiro atoms. The molecule has 24 heavy (non-hydrogen) atoms. The van der Waals surface area contributed by atoms with Crippen molar-refractivity contribution in [1.29, 1.82) is 0 Å². The van der Waals surface area contributed by atoms with Gasteiger partial charge in [-0.05, 0) is 35.7 Å². The van der Waals surface area contributed by atoms with Crippen LogP contribution < -0.4 is 0 Å². The summed E-state index contributed by atoms with van der Waals surface area (Å²) in [5.74, 6) is 0.697. The third-order valence-corrected chi connectivity index (χ3v) is 4.00. The Morgan fingerprint density at radius 3 is 2.50 bits per heavy atom. The van der Waals surface area contributed by atoms with Crippen LogP contribution in [0.15, 0.2) is 59.1 Å². The van der Waals surface area contributed by atoms with Crippen LogP contribution in [-0.2, 0) is 4.74 Å². The zero-order chi connectivity index (χ0) is 16.9. The van der Waals surface area contributed by atoms with Crippen LogP contribution in [-0.4, -0.2) is 12.3 Å². The molecule has 1 unspecified atom stereocenters. The van der Waals surface area contributed by atoms with Gasteiger partial charge >= 0.3 is 0 Å².